The molecule has 0 aromatic carbocycles. The van der Waals surface area contributed by atoms with Crippen LogP contribution in [0.3, 0.4) is 0 Å². The predicted octanol–water partition coefficient (Wildman–Crippen LogP) is 2.70. The third kappa shape index (κ3) is 5.02. The zero-order chi connectivity index (χ0) is 16.2. The number of nitrogens with zero attached hydrogens (tertiary/aromatic N) is 1. The van der Waals surface area contributed by atoms with Crippen LogP contribution in [0.5, 0.6) is 0 Å². The summed E-state index contributed by atoms with van der Waals surface area (Å²) in [5.41, 5.74) is 0.0860. The van der Waals surface area contributed by atoms with Crippen LogP contribution >= 0.6 is 11.3 Å². The smallest absolute Gasteiger partial charge is 0.317 e. The fourth-order valence-corrected chi connectivity index (χ4v) is 2.97. The van der Waals surface area contributed by atoms with E-state index in [1.807, 2.05) is 22.4 Å². The van der Waals surface area contributed by atoms with Gasteiger partial charge in [-0.25, -0.2) is 4.79 Å². The molecule has 5 nitrogen and oxygen atoms in total. The number of carbonyl (C=O) groups is 2. The Labute approximate surface area is 136 Å². The average Bonchev–Trinajstić information content (AvgIpc) is 2.99. The Hall–Kier alpha value is -1.56. The van der Waals surface area contributed by atoms with Gasteiger partial charge in [0.05, 0.1) is 4.88 Å². The molecule has 6 heteroatoms. The molecule has 0 bridgehead atoms. The number of urea groups is 1. The first kappa shape index (κ1) is 16.8. The standard InChI is InChI=1S/C16H25N3O2S/c1-16(2,3)11-17-15(21)19-8-6-12(7-9-19)18-14(20)13-5-4-10-22-13/h4-5,10,12H,6-9,11H2,1-3H3,(H,17,21)(H,18,20). The van der Waals surface area contributed by atoms with Gasteiger partial charge in [-0.15, -0.1) is 11.3 Å². The molecule has 1 fully saturated rings. The molecule has 1 aliphatic rings. The van der Waals surface area contributed by atoms with Crippen molar-refractivity contribution in [2.45, 2.75) is 39.7 Å². The maximum Gasteiger partial charge on any atom is 0.317 e. The van der Waals surface area contributed by atoms with E-state index >= 15 is 0 Å². The first-order valence-corrected chi connectivity index (χ1v) is 8.60. The molecular formula is C16H25N3O2S. The van der Waals surface area contributed by atoms with Gasteiger partial charge < -0.3 is 15.5 Å². The molecular weight excluding hydrogens is 298 g/mol. The van der Waals surface area contributed by atoms with Crippen molar-refractivity contribution in [1.82, 2.24) is 15.5 Å². The van der Waals surface area contributed by atoms with Crippen molar-refractivity contribution in [3.05, 3.63) is 22.4 Å². The third-order valence-corrected chi connectivity index (χ3v) is 4.50. The monoisotopic (exact) mass is 323 g/mol. The van der Waals surface area contributed by atoms with Crippen LogP contribution in [0, 0.1) is 5.41 Å². The van der Waals surface area contributed by atoms with Crippen molar-refractivity contribution in [3.8, 4) is 0 Å². The Balaban J connectivity index is 1.73. The lowest BCUT2D eigenvalue weighted by molar-refractivity contribution is 0.0921. The maximum atomic E-state index is 12.1. The summed E-state index contributed by atoms with van der Waals surface area (Å²) in [4.78, 5) is 26.7. The van der Waals surface area contributed by atoms with E-state index in [1.54, 1.807) is 0 Å². The normalized spacial score (nSPS) is 16.4. The van der Waals surface area contributed by atoms with Gasteiger partial charge in [-0.3, -0.25) is 4.79 Å². The molecule has 0 atom stereocenters. The molecule has 1 aromatic heterocycles. The number of likely N-dealkylation sites (tertiary alicyclic amines) is 1. The highest BCUT2D eigenvalue weighted by Crippen LogP contribution is 2.14. The highest BCUT2D eigenvalue weighted by molar-refractivity contribution is 7.12. The van der Waals surface area contributed by atoms with Crippen LogP contribution in [-0.4, -0.2) is 42.5 Å². The fourth-order valence-electron chi connectivity index (χ4n) is 2.34. The Bertz CT molecular complexity index is 500. The minimum Gasteiger partial charge on any atom is -0.348 e. The van der Waals surface area contributed by atoms with Gasteiger partial charge in [-0.1, -0.05) is 26.8 Å². The van der Waals surface area contributed by atoms with Gasteiger partial charge in [0.2, 0.25) is 0 Å². The Morgan fingerprint density at radius 3 is 2.55 bits per heavy atom. The first-order valence-electron chi connectivity index (χ1n) is 7.72. The molecule has 0 radical (unpaired) electrons. The summed E-state index contributed by atoms with van der Waals surface area (Å²) in [5, 5.41) is 7.92. The highest BCUT2D eigenvalue weighted by Gasteiger charge is 2.25. The molecule has 0 saturated carbocycles. The van der Waals surface area contributed by atoms with Crippen molar-refractivity contribution in [3.63, 3.8) is 0 Å². The van der Waals surface area contributed by atoms with E-state index in [2.05, 4.69) is 31.4 Å². The number of carbonyl (C=O) groups excluding carboxylic acids is 2. The minimum absolute atomic E-state index is 0.00189. The topological polar surface area (TPSA) is 61.4 Å². The highest BCUT2D eigenvalue weighted by atomic mass is 32.1. The van der Waals surface area contributed by atoms with Crippen molar-refractivity contribution >= 4 is 23.3 Å². The summed E-state index contributed by atoms with van der Waals surface area (Å²) in [6, 6.07) is 3.86. The Morgan fingerprint density at radius 1 is 1.32 bits per heavy atom. The molecule has 0 spiro atoms. The van der Waals surface area contributed by atoms with Gasteiger partial charge in [0.15, 0.2) is 0 Å². The lowest BCUT2D eigenvalue weighted by Crippen LogP contribution is -2.50. The van der Waals surface area contributed by atoms with Crippen molar-refractivity contribution in [2.75, 3.05) is 19.6 Å². The molecule has 1 saturated heterocycles. The van der Waals surface area contributed by atoms with E-state index in [9.17, 15) is 9.59 Å². The molecule has 2 N–H and O–H groups in total. The predicted molar refractivity (Wildman–Crippen MR) is 89.2 cm³/mol. The zero-order valence-electron chi connectivity index (χ0n) is 13.5. The van der Waals surface area contributed by atoms with E-state index in [-0.39, 0.29) is 23.4 Å². The molecule has 0 aliphatic carbocycles. The van der Waals surface area contributed by atoms with E-state index in [4.69, 9.17) is 0 Å². The van der Waals surface area contributed by atoms with E-state index in [1.165, 1.54) is 11.3 Å². The maximum absolute atomic E-state index is 12.1. The van der Waals surface area contributed by atoms with Gasteiger partial charge >= 0.3 is 6.03 Å². The summed E-state index contributed by atoms with van der Waals surface area (Å²) < 4.78 is 0. The lowest BCUT2D eigenvalue weighted by Gasteiger charge is -2.33. The number of hydrogen-bond acceptors (Lipinski definition) is 3. The molecule has 122 valence electrons. The molecule has 3 amide bonds. The Morgan fingerprint density at radius 2 is 2.00 bits per heavy atom. The lowest BCUT2D eigenvalue weighted by atomic mass is 9.97. The van der Waals surface area contributed by atoms with Crippen LogP contribution in [0.1, 0.15) is 43.3 Å². The summed E-state index contributed by atoms with van der Waals surface area (Å²) in [7, 11) is 0. The quantitative estimate of drug-likeness (QED) is 0.898. The number of nitrogens with one attached hydrogen (secondary N) is 2. The second kappa shape index (κ2) is 7.13. The van der Waals surface area contributed by atoms with E-state index in [0.717, 1.165) is 17.7 Å². The van der Waals surface area contributed by atoms with Crippen molar-refractivity contribution < 1.29 is 9.59 Å². The molecule has 1 aromatic rings. The summed E-state index contributed by atoms with van der Waals surface area (Å²) >= 11 is 1.45. The van der Waals surface area contributed by atoms with Crippen LogP contribution < -0.4 is 10.6 Å². The third-order valence-electron chi connectivity index (χ3n) is 3.63. The number of thiophene rings is 1. The molecule has 0 unspecified atom stereocenters. The number of amides is 3. The largest absolute Gasteiger partial charge is 0.348 e. The van der Waals surface area contributed by atoms with E-state index in [0.29, 0.717) is 19.6 Å². The Kier molecular flexibility index (Phi) is 5.45. The van der Waals surface area contributed by atoms with Gasteiger partial charge in [0.25, 0.3) is 5.91 Å². The second-order valence-electron chi connectivity index (χ2n) is 6.93. The summed E-state index contributed by atoms with van der Waals surface area (Å²) in [5.74, 6) is -0.00867. The molecule has 2 heterocycles. The van der Waals surface area contributed by atoms with Crippen LogP contribution in [0.2, 0.25) is 0 Å². The SMILES string of the molecule is CC(C)(C)CNC(=O)N1CCC(NC(=O)c2cccs2)CC1. The van der Waals surface area contributed by atoms with Gasteiger partial charge in [-0.05, 0) is 29.7 Å². The summed E-state index contributed by atoms with van der Waals surface area (Å²) in [6.45, 7) is 8.33. The van der Waals surface area contributed by atoms with Gasteiger partial charge in [0.1, 0.15) is 0 Å². The number of rotatable bonds is 3. The van der Waals surface area contributed by atoms with Crippen molar-refractivity contribution in [1.29, 1.82) is 0 Å². The second-order valence-corrected chi connectivity index (χ2v) is 7.88. The zero-order valence-corrected chi connectivity index (χ0v) is 14.3. The van der Waals surface area contributed by atoms with Gasteiger partial charge in [-0.2, -0.15) is 0 Å². The van der Waals surface area contributed by atoms with Crippen LogP contribution in [0.25, 0.3) is 0 Å². The van der Waals surface area contributed by atoms with Crippen LogP contribution in [-0.2, 0) is 0 Å². The molecule has 1 aliphatic heterocycles. The van der Waals surface area contributed by atoms with Crippen molar-refractivity contribution in [2.24, 2.45) is 5.41 Å². The van der Waals surface area contributed by atoms with Crippen LogP contribution in [0.4, 0.5) is 4.79 Å². The van der Waals surface area contributed by atoms with E-state index < -0.39 is 0 Å². The number of hydrogen-bond donors (Lipinski definition) is 2. The molecule has 22 heavy (non-hydrogen) atoms. The van der Waals surface area contributed by atoms with Gasteiger partial charge in [0, 0.05) is 25.7 Å². The summed E-state index contributed by atoms with van der Waals surface area (Å²) in [6.07, 6.45) is 1.61. The fraction of sp³-hybridized carbons (Fsp3) is 0.625. The average molecular weight is 323 g/mol. The van der Waals surface area contributed by atoms with Crippen LogP contribution in [0.15, 0.2) is 17.5 Å². The molecule has 2 rings (SSSR count). The minimum atomic E-state index is -0.00867. The number of piperidine rings is 1. The first-order chi connectivity index (χ1) is 10.3.